The number of nitrogens with zero attached hydrogens (tertiary/aromatic N) is 2. The van der Waals surface area contributed by atoms with Crippen LogP contribution in [0.5, 0.6) is 11.5 Å². The molecule has 7 heteroatoms. The molecule has 0 amide bonds. The van der Waals surface area contributed by atoms with E-state index in [1.54, 1.807) is 30.3 Å². The lowest BCUT2D eigenvalue weighted by atomic mass is 9.79. The van der Waals surface area contributed by atoms with Crippen LogP contribution in [0.25, 0.3) is 0 Å². The molecule has 24 heavy (non-hydrogen) atoms. The number of nitriles is 1. The average Bonchev–Trinajstić information content (AvgIpc) is 2.60. The Morgan fingerprint density at radius 3 is 2.79 bits per heavy atom. The van der Waals surface area contributed by atoms with Crippen molar-refractivity contribution < 1.29 is 14.4 Å². The van der Waals surface area contributed by atoms with Crippen molar-refractivity contribution in [3.8, 4) is 17.6 Å². The van der Waals surface area contributed by atoms with E-state index in [1.165, 1.54) is 19.2 Å². The van der Waals surface area contributed by atoms with Gasteiger partial charge in [-0.15, -0.1) is 0 Å². The fraction of sp³-hybridized carbons (Fsp3) is 0.176. The van der Waals surface area contributed by atoms with Crippen LogP contribution in [0.15, 0.2) is 42.5 Å². The summed E-state index contributed by atoms with van der Waals surface area (Å²) in [6.07, 6.45) is 0. The third-order valence-electron chi connectivity index (χ3n) is 3.97. The molecule has 3 rings (SSSR count). The highest BCUT2D eigenvalue weighted by Crippen LogP contribution is 2.43. The molecule has 1 N–H and O–H groups in total. The first-order valence-electron chi connectivity index (χ1n) is 7.13. The van der Waals surface area contributed by atoms with Crippen LogP contribution in [0.4, 0.5) is 5.69 Å². The van der Waals surface area contributed by atoms with Crippen molar-refractivity contribution in [3.05, 3.63) is 63.7 Å². The number of fused-ring (bicyclic) bond motifs is 1. The molecule has 1 aliphatic rings. The van der Waals surface area contributed by atoms with Gasteiger partial charge in [0.2, 0.25) is 5.90 Å². The fourth-order valence-corrected chi connectivity index (χ4v) is 2.84. The third-order valence-corrected chi connectivity index (χ3v) is 3.97. The maximum Gasteiger partial charge on any atom is 0.269 e. The van der Waals surface area contributed by atoms with E-state index in [1.807, 2.05) is 0 Å². The number of nitro groups is 1. The number of benzene rings is 2. The van der Waals surface area contributed by atoms with Gasteiger partial charge in [-0.3, -0.25) is 15.5 Å². The lowest BCUT2D eigenvalue weighted by Crippen LogP contribution is -2.30. The smallest absolute Gasteiger partial charge is 0.269 e. The highest BCUT2D eigenvalue weighted by Gasteiger charge is 2.37. The van der Waals surface area contributed by atoms with E-state index in [9.17, 15) is 15.4 Å². The highest BCUT2D eigenvalue weighted by molar-refractivity contribution is 5.85. The Morgan fingerprint density at radius 1 is 1.33 bits per heavy atom. The van der Waals surface area contributed by atoms with E-state index in [-0.39, 0.29) is 11.6 Å². The molecule has 2 aromatic rings. The molecule has 0 saturated heterocycles. The Balaban J connectivity index is 2.17. The Morgan fingerprint density at radius 2 is 2.12 bits per heavy atom. The molecular weight excluding hydrogens is 310 g/mol. The monoisotopic (exact) mass is 323 g/mol. The molecule has 0 saturated carbocycles. The molecule has 2 unspecified atom stereocenters. The zero-order valence-corrected chi connectivity index (χ0v) is 12.7. The minimum absolute atomic E-state index is 0.0581. The second kappa shape index (κ2) is 6.01. The van der Waals surface area contributed by atoms with Crippen molar-refractivity contribution >= 4 is 11.6 Å². The minimum Gasteiger partial charge on any atom is -0.497 e. The first-order valence-corrected chi connectivity index (χ1v) is 7.13. The maximum absolute atomic E-state index is 11.0. The van der Waals surface area contributed by atoms with E-state index in [4.69, 9.17) is 14.9 Å². The van der Waals surface area contributed by atoms with Crippen molar-refractivity contribution in [1.82, 2.24) is 0 Å². The minimum atomic E-state index is -0.854. The highest BCUT2D eigenvalue weighted by atomic mass is 16.6. The number of ether oxygens (including phenoxy) is 2. The summed E-state index contributed by atoms with van der Waals surface area (Å²) in [4.78, 5) is 10.6. The molecule has 0 fully saturated rings. The summed E-state index contributed by atoms with van der Waals surface area (Å²) in [5, 5.41) is 28.5. The van der Waals surface area contributed by atoms with E-state index >= 15 is 0 Å². The van der Waals surface area contributed by atoms with Gasteiger partial charge < -0.3 is 9.47 Å². The molecule has 1 heterocycles. The van der Waals surface area contributed by atoms with Crippen LogP contribution in [0, 0.1) is 32.8 Å². The number of nitrogens with one attached hydrogen (secondary N) is 1. The lowest BCUT2D eigenvalue weighted by molar-refractivity contribution is -0.384. The Labute approximate surface area is 137 Å². The van der Waals surface area contributed by atoms with Crippen LogP contribution in [0.2, 0.25) is 0 Å². The first kappa shape index (κ1) is 15.5. The van der Waals surface area contributed by atoms with E-state index in [0.717, 1.165) is 0 Å². The van der Waals surface area contributed by atoms with Crippen LogP contribution in [-0.2, 0) is 0 Å². The summed E-state index contributed by atoms with van der Waals surface area (Å²) in [6.45, 7) is 0. The first-order chi connectivity index (χ1) is 11.5. The van der Waals surface area contributed by atoms with Gasteiger partial charge in [0.15, 0.2) is 0 Å². The summed E-state index contributed by atoms with van der Waals surface area (Å²) in [7, 11) is 1.52. The summed E-state index contributed by atoms with van der Waals surface area (Å²) >= 11 is 0. The van der Waals surface area contributed by atoms with E-state index in [0.29, 0.717) is 22.6 Å². The molecule has 7 nitrogen and oxygen atoms in total. The van der Waals surface area contributed by atoms with Crippen LogP contribution in [0.1, 0.15) is 17.0 Å². The van der Waals surface area contributed by atoms with Gasteiger partial charge in [-0.1, -0.05) is 18.2 Å². The molecular formula is C17H13N3O4. The van der Waals surface area contributed by atoms with Crippen molar-refractivity contribution in [1.29, 1.82) is 10.7 Å². The van der Waals surface area contributed by atoms with E-state index < -0.39 is 16.8 Å². The maximum atomic E-state index is 11.0. The second-order valence-corrected chi connectivity index (χ2v) is 5.31. The van der Waals surface area contributed by atoms with Gasteiger partial charge in [-0.25, -0.2) is 0 Å². The summed E-state index contributed by atoms with van der Waals surface area (Å²) in [5.41, 5.74) is 1.23. The third kappa shape index (κ3) is 2.54. The van der Waals surface area contributed by atoms with Crippen LogP contribution in [-0.4, -0.2) is 17.9 Å². The normalized spacial score (nSPS) is 18.9. The van der Waals surface area contributed by atoms with Crippen LogP contribution < -0.4 is 9.47 Å². The van der Waals surface area contributed by atoms with Crippen molar-refractivity contribution in [3.63, 3.8) is 0 Å². The largest absolute Gasteiger partial charge is 0.497 e. The number of rotatable bonds is 3. The fourth-order valence-electron chi connectivity index (χ4n) is 2.84. The SMILES string of the molecule is COc1ccc2c(c1)OC(=N)C(C#N)C2c1cccc([N+](=O)[O-])c1. The topological polar surface area (TPSA) is 109 Å². The van der Waals surface area contributed by atoms with Gasteiger partial charge in [0.25, 0.3) is 5.69 Å². The van der Waals surface area contributed by atoms with Gasteiger partial charge in [0.1, 0.15) is 17.4 Å². The molecule has 2 atom stereocenters. The van der Waals surface area contributed by atoms with Gasteiger partial charge in [-0.2, -0.15) is 5.26 Å². The average molecular weight is 323 g/mol. The Hall–Kier alpha value is -3.40. The van der Waals surface area contributed by atoms with Gasteiger partial charge >= 0.3 is 0 Å². The summed E-state index contributed by atoms with van der Waals surface area (Å²) in [6, 6.07) is 13.3. The number of non-ortho nitro benzene ring substituents is 1. The van der Waals surface area contributed by atoms with Crippen molar-refractivity contribution in [2.45, 2.75) is 5.92 Å². The van der Waals surface area contributed by atoms with E-state index in [2.05, 4.69) is 6.07 Å². The predicted molar refractivity (Wildman–Crippen MR) is 85.4 cm³/mol. The predicted octanol–water partition coefficient (Wildman–Crippen LogP) is 3.24. The second-order valence-electron chi connectivity index (χ2n) is 5.31. The Kier molecular flexibility index (Phi) is 3.88. The van der Waals surface area contributed by atoms with Crippen LogP contribution in [0.3, 0.4) is 0 Å². The summed E-state index contributed by atoms with van der Waals surface area (Å²) < 4.78 is 10.6. The zero-order valence-electron chi connectivity index (χ0n) is 12.7. The Bertz CT molecular complexity index is 872. The lowest BCUT2D eigenvalue weighted by Gasteiger charge is -2.30. The van der Waals surface area contributed by atoms with Crippen molar-refractivity contribution in [2.75, 3.05) is 7.11 Å². The molecule has 2 aromatic carbocycles. The quantitative estimate of drug-likeness (QED) is 0.688. The number of hydrogen-bond donors (Lipinski definition) is 1. The van der Waals surface area contributed by atoms with Gasteiger partial charge in [-0.05, 0) is 11.6 Å². The molecule has 0 spiro atoms. The zero-order chi connectivity index (χ0) is 17.3. The summed E-state index contributed by atoms with van der Waals surface area (Å²) in [5.74, 6) is -0.572. The molecule has 0 bridgehead atoms. The molecule has 0 aliphatic carbocycles. The van der Waals surface area contributed by atoms with Crippen LogP contribution >= 0.6 is 0 Å². The van der Waals surface area contributed by atoms with Gasteiger partial charge in [0, 0.05) is 29.7 Å². The number of hydrogen-bond acceptors (Lipinski definition) is 6. The van der Waals surface area contributed by atoms with Gasteiger partial charge in [0.05, 0.1) is 18.1 Å². The molecule has 0 radical (unpaired) electrons. The molecule has 120 valence electrons. The molecule has 0 aromatic heterocycles. The number of nitro benzene ring substituents is 1. The standard InChI is InChI=1S/C17H13N3O4/c1-23-12-5-6-13-15(8-12)24-17(19)14(9-18)16(13)10-3-2-4-11(7-10)20(21)22/h2-8,14,16,19H,1H3. The number of methoxy groups -OCH3 is 1. The van der Waals surface area contributed by atoms with Crippen molar-refractivity contribution in [2.24, 2.45) is 5.92 Å². The molecule has 1 aliphatic heterocycles.